The van der Waals surface area contributed by atoms with Crippen LogP contribution in [0.2, 0.25) is 0 Å². The van der Waals surface area contributed by atoms with Gasteiger partial charge in [-0.3, -0.25) is 4.79 Å². The van der Waals surface area contributed by atoms with E-state index in [4.69, 9.17) is 10.2 Å². The molecular formula is C16H14O4S. The van der Waals surface area contributed by atoms with Gasteiger partial charge in [0.15, 0.2) is 0 Å². The Balaban J connectivity index is 2.11. The number of aliphatic carboxylic acids is 1. The van der Waals surface area contributed by atoms with Crippen LogP contribution in [0.25, 0.3) is 0 Å². The summed E-state index contributed by atoms with van der Waals surface area (Å²) in [5.41, 5.74) is 1.98. The molecule has 0 saturated carbocycles. The summed E-state index contributed by atoms with van der Waals surface area (Å²) in [6, 6.07) is 14.1. The minimum Gasteiger partial charge on any atom is -0.481 e. The minimum atomic E-state index is -0.955. The predicted molar refractivity (Wildman–Crippen MR) is 80.7 cm³/mol. The maximum absolute atomic E-state index is 10.9. The quantitative estimate of drug-likeness (QED) is 0.801. The Kier molecular flexibility index (Phi) is 5.00. The highest BCUT2D eigenvalue weighted by Gasteiger charge is 2.08. The fourth-order valence-corrected chi connectivity index (χ4v) is 2.90. The van der Waals surface area contributed by atoms with Crippen molar-refractivity contribution in [2.45, 2.75) is 17.1 Å². The molecule has 5 heteroatoms. The zero-order chi connectivity index (χ0) is 15.2. The number of aromatic carboxylic acids is 1. The molecule has 0 aliphatic rings. The van der Waals surface area contributed by atoms with Crippen molar-refractivity contribution in [3.63, 3.8) is 0 Å². The van der Waals surface area contributed by atoms with Gasteiger partial charge in [0.25, 0.3) is 0 Å². The summed E-state index contributed by atoms with van der Waals surface area (Å²) in [5, 5.41) is 17.9. The molecule has 2 aromatic rings. The van der Waals surface area contributed by atoms with Gasteiger partial charge in [-0.25, -0.2) is 4.79 Å². The van der Waals surface area contributed by atoms with Gasteiger partial charge in [-0.1, -0.05) is 30.3 Å². The van der Waals surface area contributed by atoms with Crippen molar-refractivity contribution in [3.05, 3.63) is 65.2 Å². The molecule has 0 unspecified atom stereocenters. The van der Waals surface area contributed by atoms with Gasteiger partial charge in [0.1, 0.15) is 0 Å². The van der Waals surface area contributed by atoms with Crippen LogP contribution in [-0.2, 0) is 17.0 Å². The SMILES string of the molecule is O=C(O)Cc1ccccc1CSc1cccc(C(=O)O)c1. The number of rotatable bonds is 6. The molecule has 0 aromatic heterocycles. The van der Waals surface area contributed by atoms with Crippen molar-refractivity contribution in [1.82, 2.24) is 0 Å². The van der Waals surface area contributed by atoms with E-state index in [9.17, 15) is 9.59 Å². The molecule has 0 atom stereocenters. The normalized spacial score (nSPS) is 10.3. The lowest BCUT2D eigenvalue weighted by Crippen LogP contribution is -2.02. The lowest BCUT2D eigenvalue weighted by atomic mass is 10.1. The smallest absolute Gasteiger partial charge is 0.335 e. The van der Waals surface area contributed by atoms with E-state index >= 15 is 0 Å². The third kappa shape index (κ3) is 4.36. The zero-order valence-electron chi connectivity index (χ0n) is 11.2. The van der Waals surface area contributed by atoms with Crippen LogP contribution in [0.15, 0.2) is 53.4 Å². The maximum Gasteiger partial charge on any atom is 0.335 e. The van der Waals surface area contributed by atoms with Gasteiger partial charge in [-0.2, -0.15) is 0 Å². The topological polar surface area (TPSA) is 74.6 Å². The fourth-order valence-electron chi connectivity index (χ4n) is 1.91. The number of hydrogen-bond donors (Lipinski definition) is 2. The molecule has 0 fully saturated rings. The summed E-state index contributed by atoms with van der Waals surface area (Å²) in [6.07, 6.45) is -0.00804. The molecule has 0 spiro atoms. The second-order valence-electron chi connectivity index (χ2n) is 4.46. The highest BCUT2D eigenvalue weighted by Crippen LogP contribution is 2.25. The summed E-state index contributed by atoms with van der Waals surface area (Å²) in [4.78, 5) is 22.6. The van der Waals surface area contributed by atoms with Crippen molar-refractivity contribution in [1.29, 1.82) is 0 Å². The van der Waals surface area contributed by atoms with E-state index in [-0.39, 0.29) is 12.0 Å². The number of carbonyl (C=O) groups is 2. The molecule has 0 aliphatic heterocycles. The lowest BCUT2D eigenvalue weighted by molar-refractivity contribution is -0.136. The highest BCUT2D eigenvalue weighted by atomic mass is 32.2. The van der Waals surface area contributed by atoms with Crippen LogP contribution >= 0.6 is 11.8 Å². The van der Waals surface area contributed by atoms with Crippen molar-refractivity contribution < 1.29 is 19.8 Å². The number of benzene rings is 2. The molecule has 2 N–H and O–H groups in total. The van der Waals surface area contributed by atoms with E-state index in [1.54, 1.807) is 24.3 Å². The van der Waals surface area contributed by atoms with E-state index < -0.39 is 11.9 Å². The van der Waals surface area contributed by atoms with E-state index in [0.717, 1.165) is 16.0 Å². The van der Waals surface area contributed by atoms with E-state index in [2.05, 4.69) is 0 Å². The van der Waals surface area contributed by atoms with E-state index in [1.807, 2.05) is 24.3 Å². The molecule has 4 nitrogen and oxygen atoms in total. The highest BCUT2D eigenvalue weighted by molar-refractivity contribution is 7.98. The Bertz CT molecular complexity index is 667. The van der Waals surface area contributed by atoms with Crippen LogP contribution in [0.1, 0.15) is 21.5 Å². The Morgan fingerprint density at radius 3 is 2.33 bits per heavy atom. The largest absolute Gasteiger partial charge is 0.481 e. The molecule has 0 heterocycles. The average molecular weight is 302 g/mol. The Labute approximate surface area is 126 Å². The van der Waals surface area contributed by atoms with Gasteiger partial charge in [0.05, 0.1) is 12.0 Å². The molecule has 0 radical (unpaired) electrons. The summed E-state index contributed by atoms with van der Waals surface area (Å²) in [7, 11) is 0. The fraction of sp³-hybridized carbons (Fsp3) is 0.125. The van der Waals surface area contributed by atoms with Gasteiger partial charge < -0.3 is 10.2 Å². The van der Waals surface area contributed by atoms with Crippen molar-refractivity contribution in [2.24, 2.45) is 0 Å². The van der Waals surface area contributed by atoms with Gasteiger partial charge in [0, 0.05) is 10.6 Å². The summed E-state index contributed by atoms with van der Waals surface area (Å²) < 4.78 is 0. The van der Waals surface area contributed by atoms with Gasteiger partial charge >= 0.3 is 11.9 Å². The van der Waals surface area contributed by atoms with Crippen LogP contribution in [0.3, 0.4) is 0 Å². The lowest BCUT2D eigenvalue weighted by Gasteiger charge is -2.08. The zero-order valence-corrected chi connectivity index (χ0v) is 12.0. The third-order valence-corrected chi connectivity index (χ3v) is 3.98. The standard InChI is InChI=1S/C16H14O4S/c17-15(18)9-11-4-1-2-5-13(11)10-21-14-7-3-6-12(8-14)16(19)20/h1-8H,9-10H2,(H,17,18)(H,19,20). The molecule has 0 amide bonds. The number of thioether (sulfide) groups is 1. The number of carboxylic acids is 2. The molecule has 2 aromatic carbocycles. The molecule has 21 heavy (non-hydrogen) atoms. The van der Waals surface area contributed by atoms with Crippen LogP contribution in [0.5, 0.6) is 0 Å². The first kappa shape index (κ1) is 15.1. The van der Waals surface area contributed by atoms with Crippen LogP contribution in [0.4, 0.5) is 0 Å². The van der Waals surface area contributed by atoms with E-state index in [0.29, 0.717) is 5.75 Å². The number of carboxylic acid groups (broad SMARTS) is 2. The summed E-state index contributed by atoms with van der Waals surface area (Å²) in [6.45, 7) is 0. The molecule has 0 aliphatic carbocycles. The van der Waals surface area contributed by atoms with Gasteiger partial charge in [-0.05, 0) is 29.3 Å². The van der Waals surface area contributed by atoms with Crippen LogP contribution in [0, 0.1) is 0 Å². The predicted octanol–water partition coefficient (Wildman–Crippen LogP) is 3.30. The number of hydrogen-bond acceptors (Lipinski definition) is 3. The first-order valence-corrected chi connectivity index (χ1v) is 7.29. The molecule has 2 rings (SSSR count). The monoisotopic (exact) mass is 302 g/mol. The Morgan fingerprint density at radius 1 is 0.952 bits per heavy atom. The Morgan fingerprint density at radius 2 is 1.67 bits per heavy atom. The van der Waals surface area contributed by atoms with Crippen molar-refractivity contribution >= 4 is 23.7 Å². The van der Waals surface area contributed by atoms with Gasteiger partial charge in [-0.15, -0.1) is 11.8 Å². The average Bonchev–Trinajstić information content (AvgIpc) is 2.46. The van der Waals surface area contributed by atoms with Crippen LogP contribution < -0.4 is 0 Å². The van der Waals surface area contributed by atoms with Crippen molar-refractivity contribution in [3.8, 4) is 0 Å². The third-order valence-electron chi connectivity index (χ3n) is 2.94. The first-order valence-electron chi connectivity index (χ1n) is 6.31. The molecule has 108 valence electrons. The molecular weight excluding hydrogens is 288 g/mol. The summed E-state index contributed by atoms with van der Waals surface area (Å²) in [5.74, 6) is -1.21. The molecule has 0 saturated heterocycles. The van der Waals surface area contributed by atoms with E-state index in [1.165, 1.54) is 11.8 Å². The van der Waals surface area contributed by atoms with Gasteiger partial charge in [0.2, 0.25) is 0 Å². The first-order chi connectivity index (χ1) is 10.1. The second kappa shape index (κ2) is 6.95. The summed E-state index contributed by atoms with van der Waals surface area (Å²) >= 11 is 1.49. The second-order valence-corrected chi connectivity index (χ2v) is 5.51. The van der Waals surface area contributed by atoms with Crippen LogP contribution in [-0.4, -0.2) is 22.2 Å². The Hall–Kier alpha value is -2.27. The maximum atomic E-state index is 10.9. The van der Waals surface area contributed by atoms with Crippen molar-refractivity contribution in [2.75, 3.05) is 0 Å². The minimum absolute atomic E-state index is 0.00804. The molecule has 0 bridgehead atoms.